The number of fused-ring (bicyclic) bond motifs is 1. The average Bonchev–Trinajstić information content (AvgIpc) is 3.34. The second-order valence-corrected chi connectivity index (χ2v) is 11.2. The van der Waals surface area contributed by atoms with Crippen molar-refractivity contribution in [3.05, 3.63) is 53.6 Å². The van der Waals surface area contributed by atoms with E-state index in [1.165, 1.54) is 6.07 Å². The number of carbonyl (C=O) groups excluding carboxylic acids is 1. The molecule has 0 fully saturated rings. The Hall–Kier alpha value is -3.08. The molecule has 0 aliphatic carbocycles. The van der Waals surface area contributed by atoms with Crippen LogP contribution in [0.1, 0.15) is 64.0 Å². The van der Waals surface area contributed by atoms with Crippen molar-refractivity contribution in [3.63, 3.8) is 0 Å². The fourth-order valence-corrected chi connectivity index (χ4v) is 4.25. The topological polar surface area (TPSA) is 109 Å². The van der Waals surface area contributed by atoms with Crippen LogP contribution in [0.15, 0.2) is 46.9 Å². The Morgan fingerprint density at radius 3 is 2.24 bits per heavy atom. The van der Waals surface area contributed by atoms with Crippen molar-refractivity contribution in [2.45, 2.75) is 77.7 Å². The van der Waals surface area contributed by atoms with Crippen LogP contribution in [0.25, 0.3) is 22.3 Å². The molecule has 0 bridgehead atoms. The highest BCUT2D eigenvalue weighted by Gasteiger charge is 2.35. The molecule has 3 N–H and O–H groups in total. The van der Waals surface area contributed by atoms with Crippen molar-refractivity contribution in [3.8, 4) is 17.1 Å². The monoisotopic (exact) mass is 580 g/mol. The smallest absolute Gasteiger partial charge is 0.417 e. The number of rotatable bonds is 14. The third-order valence-electron chi connectivity index (χ3n) is 6.62. The standard InChI is InChI=1S/C31H39F3O7/c1-30(2,3)29(38)40-16-6-9-26(37)25(36)8-5-15-39-22-12-11-21-18-28(41-27(21)19-22)23-13-10-20(7-4-14-35)17-24(23)31(32,33)34/h10-13,17-19,25-26,35-37H,4-9,14-16H2,1-3H3. The molecular weight excluding hydrogens is 541 g/mol. The number of aryl methyl sites for hydroxylation is 1. The molecular formula is C31H39F3O7. The van der Waals surface area contributed by atoms with E-state index >= 15 is 0 Å². The number of hydrogen-bond donors (Lipinski definition) is 3. The molecule has 0 saturated heterocycles. The summed E-state index contributed by atoms with van der Waals surface area (Å²) in [6.45, 7) is 5.60. The summed E-state index contributed by atoms with van der Waals surface area (Å²) >= 11 is 0. The van der Waals surface area contributed by atoms with E-state index in [4.69, 9.17) is 19.0 Å². The van der Waals surface area contributed by atoms with Crippen LogP contribution in [-0.2, 0) is 22.1 Å². The van der Waals surface area contributed by atoms with Crippen LogP contribution in [0, 0.1) is 5.41 Å². The molecule has 3 rings (SSSR count). The second kappa shape index (κ2) is 14.2. The van der Waals surface area contributed by atoms with Gasteiger partial charge in [0.15, 0.2) is 0 Å². The van der Waals surface area contributed by atoms with Gasteiger partial charge >= 0.3 is 12.1 Å². The highest BCUT2D eigenvalue weighted by molar-refractivity contribution is 5.84. The zero-order chi connectivity index (χ0) is 30.2. The lowest BCUT2D eigenvalue weighted by Gasteiger charge is -2.19. The summed E-state index contributed by atoms with van der Waals surface area (Å²) < 4.78 is 58.1. The van der Waals surface area contributed by atoms with Gasteiger partial charge in [0.1, 0.15) is 17.1 Å². The molecule has 2 atom stereocenters. The molecule has 0 radical (unpaired) electrons. The summed E-state index contributed by atoms with van der Waals surface area (Å²) in [5.41, 5.74) is -0.593. The minimum absolute atomic E-state index is 0.0659. The number of benzene rings is 2. The van der Waals surface area contributed by atoms with Crippen molar-refractivity contribution in [2.24, 2.45) is 5.41 Å². The van der Waals surface area contributed by atoms with Crippen molar-refractivity contribution in [1.82, 2.24) is 0 Å². The third kappa shape index (κ3) is 9.48. The van der Waals surface area contributed by atoms with E-state index in [2.05, 4.69) is 0 Å². The predicted molar refractivity (Wildman–Crippen MR) is 148 cm³/mol. The lowest BCUT2D eigenvalue weighted by molar-refractivity contribution is -0.153. The summed E-state index contributed by atoms with van der Waals surface area (Å²) in [6, 6.07) is 10.6. The van der Waals surface area contributed by atoms with Gasteiger partial charge in [-0.15, -0.1) is 0 Å². The van der Waals surface area contributed by atoms with Gasteiger partial charge in [-0.3, -0.25) is 4.79 Å². The minimum atomic E-state index is -4.57. The molecule has 2 aromatic carbocycles. The molecule has 1 heterocycles. The van der Waals surface area contributed by atoms with Gasteiger partial charge in [0.2, 0.25) is 0 Å². The Kier molecular flexibility index (Phi) is 11.2. The van der Waals surface area contributed by atoms with Crippen LogP contribution < -0.4 is 4.74 Å². The van der Waals surface area contributed by atoms with E-state index in [-0.39, 0.29) is 37.1 Å². The fraction of sp³-hybridized carbons (Fsp3) is 0.516. The Bertz CT molecular complexity index is 1280. The quantitative estimate of drug-likeness (QED) is 0.152. The molecule has 0 aliphatic rings. The lowest BCUT2D eigenvalue weighted by atomic mass is 9.97. The third-order valence-corrected chi connectivity index (χ3v) is 6.62. The van der Waals surface area contributed by atoms with E-state index in [0.717, 1.165) is 6.07 Å². The molecule has 0 saturated carbocycles. The molecule has 3 aromatic rings. The maximum atomic E-state index is 13.8. The number of alkyl halides is 3. The highest BCUT2D eigenvalue weighted by atomic mass is 19.4. The van der Waals surface area contributed by atoms with Crippen molar-refractivity contribution < 1.29 is 47.2 Å². The van der Waals surface area contributed by atoms with Crippen molar-refractivity contribution >= 4 is 16.9 Å². The Balaban J connectivity index is 1.53. The molecule has 10 heteroatoms. The van der Waals surface area contributed by atoms with Crippen LogP contribution in [0.5, 0.6) is 5.75 Å². The molecule has 1 aromatic heterocycles. The normalized spacial score (nSPS) is 13.8. The summed E-state index contributed by atoms with van der Waals surface area (Å²) in [5, 5.41) is 30.0. The number of esters is 1. The van der Waals surface area contributed by atoms with Gasteiger partial charge in [0.05, 0.1) is 36.4 Å². The van der Waals surface area contributed by atoms with Gasteiger partial charge < -0.3 is 29.2 Å². The molecule has 7 nitrogen and oxygen atoms in total. The number of carbonyl (C=O) groups is 1. The fourth-order valence-electron chi connectivity index (χ4n) is 4.25. The van der Waals surface area contributed by atoms with E-state index in [9.17, 15) is 28.2 Å². The first-order chi connectivity index (χ1) is 19.3. The average molecular weight is 581 g/mol. The summed E-state index contributed by atoms with van der Waals surface area (Å²) in [7, 11) is 0. The number of aliphatic hydroxyl groups is 3. The van der Waals surface area contributed by atoms with Crippen LogP contribution in [-0.4, -0.2) is 53.3 Å². The van der Waals surface area contributed by atoms with Crippen LogP contribution in [0.3, 0.4) is 0 Å². The van der Waals surface area contributed by atoms with Crippen LogP contribution in [0.4, 0.5) is 13.2 Å². The van der Waals surface area contributed by atoms with Gasteiger partial charge in [-0.1, -0.05) is 12.1 Å². The van der Waals surface area contributed by atoms with E-state index in [1.54, 1.807) is 51.1 Å². The SMILES string of the molecule is CC(C)(C)C(=O)OCCCC(O)C(O)CCCOc1ccc2cc(-c3ccc(CCCO)cc3C(F)(F)F)oc2c1. The first kappa shape index (κ1) is 32.4. The van der Waals surface area contributed by atoms with Gasteiger partial charge in [-0.05, 0) is 89.1 Å². The number of aliphatic hydroxyl groups excluding tert-OH is 3. The van der Waals surface area contributed by atoms with Crippen LogP contribution >= 0.6 is 0 Å². The molecule has 41 heavy (non-hydrogen) atoms. The molecule has 2 unspecified atom stereocenters. The zero-order valence-electron chi connectivity index (χ0n) is 23.7. The number of halogens is 3. The van der Waals surface area contributed by atoms with E-state index < -0.39 is 29.4 Å². The number of hydrogen-bond acceptors (Lipinski definition) is 7. The number of ether oxygens (including phenoxy) is 2. The first-order valence-corrected chi connectivity index (χ1v) is 13.8. The van der Waals surface area contributed by atoms with Crippen LogP contribution in [0.2, 0.25) is 0 Å². The van der Waals surface area contributed by atoms with Crippen molar-refractivity contribution in [1.29, 1.82) is 0 Å². The van der Waals surface area contributed by atoms with Gasteiger partial charge in [0, 0.05) is 23.6 Å². The largest absolute Gasteiger partial charge is 0.493 e. The minimum Gasteiger partial charge on any atom is -0.493 e. The lowest BCUT2D eigenvalue weighted by Crippen LogP contribution is -2.27. The Morgan fingerprint density at radius 1 is 0.927 bits per heavy atom. The molecule has 0 amide bonds. The summed E-state index contributed by atoms with van der Waals surface area (Å²) in [5.74, 6) is 0.233. The Morgan fingerprint density at radius 2 is 1.61 bits per heavy atom. The van der Waals surface area contributed by atoms with Gasteiger partial charge in [-0.25, -0.2) is 0 Å². The van der Waals surface area contributed by atoms with Gasteiger partial charge in [0.25, 0.3) is 0 Å². The predicted octanol–water partition coefficient (Wildman–Crippen LogP) is 6.29. The molecule has 0 spiro atoms. The Labute approximate surface area is 237 Å². The summed E-state index contributed by atoms with van der Waals surface area (Å²) in [6.07, 6.45) is -4.30. The van der Waals surface area contributed by atoms with E-state index in [0.29, 0.717) is 60.8 Å². The highest BCUT2D eigenvalue weighted by Crippen LogP contribution is 2.40. The zero-order valence-corrected chi connectivity index (χ0v) is 23.7. The maximum absolute atomic E-state index is 13.8. The second-order valence-electron chi connectivity index (χ2n) is 11.2. The molecule has 226 valence electrons. The molecule has 0 aliphatic heterocycles. The number of furan rings is 1. The first-order valence-electron chi connectivity index (χ1n) is 13.8. The van der Waals surface area contributed by atoms with Crippen molar-refractivity contribution in [2.75, 3.05) is 19.8 Å². The van der Waals surface area contributed by atoms with Gasteiger partial charge in [-0.2, -0.15) is 13.2 Å². The maximum Gasteiger partial charge on any atom is 0.417 e. The summed E-state index contributed by atoms with van der Waals surface area (Å²) in [4.78, 5) is 11.8. The van der Waals surface area contributed by atoms with E-state index in [1.807, 2.05) is 0 Å².